The number of rotatable bonds is 8. The molecule has 4 rings (SSSR count). The molecule has 0 amide bonds. The van der Waals surface area contributed by atoms with Gasteiger partial charge in [-0.1, -0.05) is 41.0 Å². The van der Waals surface area contributed by atoms with Gasteiger partial charge in [-0.2, -0.15) is 5.10 Å². The van der Waals surface area contributed by atoms with Gasteiger partial charge in [0.1, 0.15) is 24.0 Å². The maximum absolute atomic E-state index is 11.6. The number of aliphatic hydroxyl groups is 1. The third kappa shape index (κ3) is 4.68. The number of aromatic nitrogens is 6. The summed E-state index contributed by atoms with van der Waals surface area (Å²) in [7, 11) is 1.60. The van der Waals surface area contributed by atoms with Crippen molar-refractivity contribution < 1.29 is 9.84 Å². The molecule has 2 heterocycles. The van der Waals surface area contributed by atoms with Crippen molar-refractivity contribution in [3.63, 3.8) is 0 Å². The Labute approximate surface area is 198 Å². The SMILES string of the molecule is COc1ccc(-c2nnc(SCC(O)(Cn3cncn3)c3ccc(Cl)cc3Cl)n2N)cc1. The maximum atomic E-state index is 11.6. The van der Waals surface area contributed by atoms with Gasteiger partial charge in [-0.15, -0.1) is 10.2 Å². The van der Waals surface area contributed by atoms with Gasteiger partial charge in [0.2, 0.25) is 5.16 Å². The summed E-state index contributed by atoms with van der Waals surface area (Å²) in [5.74, 6) is 7.63. The smallest absolute Gasteiger partial charge is 0.210 e. The lowest BCUT2D eigenvalue weighted by Gasteiger charge is -2.29. The molecule has 9 nitrogen and oxygen atoms in total. The summed E-state index contributed by atoms with van der Waals surface area (Å²) in [6.07, 6.45) is 2.92. The second-order valence-corrected chi connectivity index (χ2v) is 8.73. The summed E-state index contributed by atoms with van der Waals surface area (Å²) in [5, 5.41) is 25.3. The van der Waals surface area contributed by atoms with Gasteiger partial charge in [0.05, 0.1) is 13.7 Å². The topological polar surface area (TPSA) is 117 Å². The molecule has 3 N–H and O–H groups in total. The van der Waals surface area contributed by atoms with Gasteiger partial charge in [0.15, 0.2) is 5.82 Å². The Morgan fingerprint density at radius 3 is 2.59 bits per heavy atom. The van der Waals surface area contributed by atoms with E-state index >= 15 is 0 Å². The van der Waals surface area contributed by atoms with Gasteiger partial charge in [-0.25, -0.2) is 14.3 Å². The van der Waals surface area contributed by atoms with E-state index in [0.717, 1.165) is 11.3 Å². The highest BCUT2D eigenvalue weighted by atomic mass is 35.5. The largest absolute Gasteiger partial charge is 0.497 e. The molecule has 2 aromatic heterocycles. The molecule has 12 heteroatoms. The molecular weight excluding hydrogens is 473 g/mol. The van der Waals surface area contributed by atoms with Crippen LogP contribution in [0, 0.1) is 0 Å². The van der Waals surface area contributed by atoms with E-state index in [-0.39, 0.29) is 12.3 Å². The zero-order chi connectivity index (χ0) is 22.7. The van der Waals surface area contributed by atoms with Gasteiger partial charge in [0, 0.05) is 26.9 Å². The first-order valence-electron chi connectivity index (χ1n) is 9.37. The number of methoxy groups -OCH3 is 1. The Kier molecular flexibility index (Phi) is 6.56. The average Bonchev–Trinajstić information content (AvgIpc) is 3.42. The Morgan fingerprint density at radius 2 is 1.94 bits per heavy atom. The van der Waals surface area contributed by atoms with Crippen LogP contribution in [0.5, 0.6) is 5.75 Å². The molecule has 0 radical (unpaired) electrons. The molecule has 4 aromatic rings. The number of hydrogen-bond donors (Lipinski definition) is 2. The van der Waals surface area contributed by atoms with Crippen molar-refractivity contribution in [1.82, 2.24) is 29.6 Å². The van der Waals surface area contributed by atoms with Gasteiger partial charge in [-0.05, 0) is 36.4 Å². The molecule has 0 saturated carbocycles. The molecule has 0 fully saturated rings. The molecule has 1 unspecified atom stereocenters. The van der Waals surface area contributed by atoms with E-state index in [2.05, 4.69) is 20.3 Å². The van der Waals surface area contributed by atoms with Crippen LogP contribution in [0.15, 0.2) is 60.3 Å². The predicted molar refractivity (Wildman–Crippen MR) is 123 cm³/mol. The van der Waals surface area contributed by atoms with E-state index in [1.165, 1.54) is 33.8 Å². The Balaban J connectivity index is 1.60. The predicted octanol–water partition coefficient (Wildman–Crippen LogP) is 3.25. The lowest BCUT2D eigenvalue weighted by atomic mass is 9.95. The summed E-state index contributed by atoms with van der Waals surface area (Å²) >= 11 is 13.7. The molecule has 32 heavy (non-hydrogen) atoms. The van der Waals surface area contributed by atoms with E-state index < -0.39 is 5.60 Å². The zero-order valence-corrected chi connectivity index (χ0v) is 19.2. The first kappa shape index (κ1) is 22.4. The van der Waals surface area contributed by atoms with Crippen LogP contribution < -0.4 is 10.6 Å². The van der Waals surface area contributed by atoms with E-state index in [1.807, 2.05) is 24.3 Å². The van der Waals surface area contributed by atoms with E-state index in [1.54, 1.807) is 25.3 Å². The number of nitrogens with zero attached hydrogens (tertiary/aromatic N) is 6. The molecule has 1 atom stereocenters. The van der Waals surface area contributed by atoms with Crippen LogP contribution in [0.3, 0.4) is 0 Å². The van der Waals surface area contributed by atoms with Crippen LogP contribution in [0.25, 0.3) is 11.4 Å². The molecule has 0 aliphatic carbocycles. The number of hydrogen-bond acceptors (Lipinski definition) is 8. The fourth-order valence-electron chi connectivity index (χ4n) is 3.15. The van der Waals surface area contributed by atoms with Crippen LogP contribution >= 0.6 is 35.0 Å². The summed E-state index contributed by atoms with van der Waals surface area (Å²) in [5.41, 5.74) is -0.122. The second-order valence-electron chi connectivity index (χ2n) is 6.94. The van der Waals surface area contributed by atoms with Crippen LogP contribution in [0.4, 0.5) is 0 Å². The van der Waals surface area contributed by atoms with Crippen molar-refractivity contribution in [2.24, 2.45) is 0 Å². The number of thioether (sulfide) groups is 1. The first-order chi connectivity index (χ1) is 15.4. The van der Waals surface area contributed by atoms with Gasteiger partial charge in [0.25, 0.3) is 0 Å². The number of benzene rings is 2. The second kappa shape index (κ2) is 9.37. The Hall–Kier alpha value is -2.79. The van der Waals surface area contributed by atoms with Gasteiger partial charge < -0.3 is 15.7 Å². The van der Waals surface area contributed by atoms with Crippen molar-refractivity contribution in [2.45, 2.75) is 17.3 Å². The van der Waals surface area contributed by atoms with Crippen LogP contribution in [-0.4, -0.2) is 47.6 Å². The highest BCUT2D eigenvalue weighted by Gasteiger charge is 2.34. The average molecular weight is 492 g/mol. The summed E-state index contributed by atoms with van der Waals surface area (Å²) in [6, 6.07) is 12.3. The number of nitrogen functional groups attached to an aromatic ring is 1. The first-order valence-corrected chi connectivity index (χ1v) is 11.1. The van der Waals surface area contributed by atoms with Crippen LogP contribution in [-0.2, 0) is 12.1 Å². The minimum Gasteiger partial charge on any atom is -0.497 e. The monoisotopic (exact) mass is 491 g/mol. The molecule has 0 spiro atoms. The minimum atomic E-state index is -1.41. The summed E-state index contributed by atoms with van der Waals surface area (Å²) in [6.45, 7) is 0.116. The highest BCUT2D eigenvalue weighted by molar-refractivity contribution is 7.99. The highest BCUT2D eigenvalue weighted by Crippen LogP contribution is 2.36. The third-order valence-corrected chi connectivity index (χ3v) is 6.48. The lowest BCUT2D eigenvalue weighted by Crippen LogP contribution is -2.35. The fourth-order valence-corrected chi connectivity index (χ4v) is 4.68. The standard InChI is InChI=1S/C20H19Cl2N7O2S/c1-31-15-5-2-13(3-6-15)18-26-27-19(29(18)23)32-10-20(30,9-28-12-24-11-25-28)16-7-4-14(21)8-17(16)22/h2-8,11-12,30H,9-10,23H2,1H3. The minimum absolute atomic E-state index is 0.116. The Bertz CT molecular complexity index is 1200. The Morgan fingerprint density at radius 1 is 1.16 bits per heavy atom. The van der Waals surface area contributed by atoms with Crippen LogP contribution in [0.1, 0.15) is 5.56 Å². The molecule has 0 aliphatic rings. The lowest BCUT2D eigenvalue weighted by molar-refractivity contribution is 0.0397. The van der Waals surface area contributed by atoms with Crippen molar-refractivity contribution >= 4 is 35.0 Å². The molecule has 0 bridgehead atoms. The van der Waals surface area contributed by atoms with Crippen molar-refractivity contribution in [1.29, 1.82) is 0 Å². The van der Waals surface area contributed by atoms with Crippen molar-refractivity contribution in [3.8, 4) is 17.1 Å². The molecule has 2 aromatic carbocycles. The van der Waals surface area contributed by atoms with Gasteiger partial charge >= 0.3 is 0 Å². The zero-order valence-electron chi connectivity index (χ0n) is 16.9. The van der Waals surface area contributed by atoms with Gasteiger partial charge in [-0.3, -0.25) is 0 Å². The molecular formula is C20H19Cl2N7O2S. The van der Waals surface area contributed by atoms with Crippen molar-refractivity contribution in [2.75, 3.05) is 18.7 Å². The van der Waals surface area contributed by atoms with Crippen LogP contribution in [0.2, 0.25) is 10.0 Å². The normalized spacial score (nSPS) is 13.1. The third-order valence-electron chi connectivity index (χ3n) is 4.78. The number of halogens is 2. The summed E-state index contributed by atoms with van der Waals surface area (Å²) in [4.78, 5) is 3.94. The maximum Gasteiger partial charge on any atom is 0.210 e. The van der Waals surface area contributed by atoms with Crippen molar-refractivity contribution in [3.05, 3.63) is 70.7 Å². The van der Waals surface area contributed by atoms with E-state index in [9.17, 15) is 5.11 Å². The molecule has 166 valence electrons. The fraction of sp³-hybridized carbons (Fsp3) is 0.200. The number of nitrogens with two attached hydrogens (primary N) is 1. The number of ether oxygens (including phenoxy) is 1. The van der Waals surface area contributed by atoms with E-state index in [4.69, 9.17) is 33.8 Å². The quantitative estimate of drug-likeness (QED) is 0.285. The molecule has 0 aliphatic heterocycles. The van der Waals surface area contributed by atoms with E-state index in [0.29, 0.717) is 26.6 Å². The summed E-state index contributed by atoms with van der Waals surface area (Å²) < 4.78 is 8.09. The molecule has 0 saturated heterocycles.